The zero-order chi connectivity index (χ0) is 25.5. The molecule has 0 spiro atoms. The van der Waals surface area contributed by atoms with Gasteiger partial charge in [-0.3, -0.25) is 4.79 Å². The Hall–Kier alpha value is -3.54. The fourth-order valence-electron chi connectivity index (χ4n) is 4.44. The number of fused-ring (bicyclic) bond motifs is 1. The highest BCUT2D eigenvalue weighted by atomic mass is 16.5. The molecule has 0 amide bonds. The number of hydrogen-bond acceptors (Lipinski definition) is 5. The predicted octanol–water partition coefficient (Wildman–Crippen LogP) is 6.10. The summed E-state index contributed by atoms with van der Waals surface area (Å²) in [6.45, 7) is 6.58. The number of nitrogens with zero attached hydrogens (tertiary/aromatic N) is 2. The zero-order valence-corrected chi connectivity index (χ0v) is 21.7. The van der Waals surface area contributed by atoms with Crippen LogP contribution in [0.5, 0.6) is 11.5 Å². The van der Waals surface area contributed by atoms with E-state index in [2.05, 4.69) is 35.3 Å². The number of rotatable bonds is 11. The van der Waals surface area contributed by atoms with Gasteiger partial charge in [0, 0.05) is 36.6 Å². The summed E-state index contributed by atoms with van der Waals surface area (Å²) >= 11 is 0. The van der Waals surface area contributed by atoms with Gasteiger partial charge in [-0.2, -0.15) is 0 Å². The lowest BCUT2D eigenvalue weighted by Gasteiger charge is -2.28. The van der Waals surface area contributed by atoms with Crippen molar-refractivity contribution in [1.82, 2.24) is 9.55 Å². The lowest BCUT2D eigenvalue weighted by atomic mass is 9.88. The molecule has 0 saturated carbocycles. The molecule has 0 saturated heterocycles. The van der Waals surface area contributed by atoms with E-state index >= 15 is 0 Å². The first kappa shape index (κ1) is 25.5. The standard InChI is InChI=1S/C30H36N2O4/c1-5-34-29(33)30(2,3)16-9-19-35-24-14-13-23-20-25(28-31-17-18-32(28)4)26(36-27(23)21-24)15-12-22-10-7-6-8-11-22/h6-8,10-11,13-14,17-18,20-21,26H,5,9,12,15-16,19H2,1-4H3. The van der Waals surface area contributed by atoms with Crippen LogP contribution in [-0.2, 0) is 23.0 Å². The topological polar surface area (TPSA) is 62.6 Å². The highest BCUT2D eigenvalue weighted by molar-refractivity contribution is 5.85. The van der Waals surface area contributed by atoms with Gasteiger partial charge in [0.2, 0.25) is 0 Å². The summed E-state index contributed by atoms with van der Waals surface area (Å²) < 4.78 is 19.8. The van der Waals surface area contributed by atoms with Crippen molar-refractivity contribution in [2.75, 3.05) is 13.2 Å². The van der Waals surface area contributed by atoms with Crippen molar-refractivity contribution in [2.45, 2.75) is 52.6 Å². The molecule has 0 fully saturated rings. The molecule has 1 aromatic heterocycles. The summed E-state index contributed by atoms with van der Waals surface area (Å²) in [7, 11) is 2.01. The zero-order valence-electron chi connectivity index (χ0n) is 21.7. The van der Waals surface area contributed by atoms with Crippen LogP contribution in [0.3, 0.4) is 0 Å². The molecule has 0 radical (unpaired) electrons. The van der Waals surface area contributed by atoms with Gasteiger partial charge >= 0.3 is 5.97 Å². The highest BCUT2D eigenvalue weighted by Gasteiger charge is 2.29. The van der Waals surface area contributed by atoms with Gasteiger partial charge in [0.1, 0.15) is 23.4 Å². The molecule has 190 valence electrons. The van der Waals surface area contributed by atoms with Gasteiger partial charge in [0.25, 0.3) is 0 Å². The van der Waals surface area contributed by atoms with Gasteiger partial charge in [-0.25, -0.2) is 4.98 Å². The van der Waals surface area contributed by atoms with Gasteiger partial charge in [-0.05, 0) is 70.2 Å². The summed E-state index contributed by atoms with van der Waals surface area (Å²) in [5.74, 6) is 2.33. The molecule has 1 aliphatic heterocycles. The quantitative estimate of drug-likeness (QED) is 0.241. The monoisotopic (exact) mass is 488 g/mol. The Kier molecular flexibility index (Phi) is 8.14. The van der Waals surface area contributed by atoms with Crippen LogP contribution in [0.2, 0.25) is 0 Å². The highest BCUT2D eigenvalue weighted by Crippen LogP contribution is 2.37. The number of ether oxygens (including phenoxy) is 3. The summed E-state index contributed by atoms with van der Waals surface area (Å²) in [6, 6.07) is 16.4. The molecule has 1 atom stereocenters. The van der Waals surface area contributed by atoms with Crippen molar-refractivity contribution in [2.24, 2.45) is 12.5 Å². The fourth-order valence-corrected chi connectivity index (χ4v) is 4.44. The minimum absolute atomic E-state index is 0.112. The summed E-state index contributed by atoms with van der Waals surface area (Å²) in [5.41, 5.74) is 2.87. The van der Waals surface area contributed by atoms with Gasteiger partial charge in [0.05, 0.1) is 18.6 Å². The molecule has 2 aromatic carbocycles. The average Bonchev–Trinajstić information content (AvgIpc) is 3.31. The smallest absolute Gasteiger partial charge is 0.311 e. The Morgan fingerprint density at radius 1 is 1.17 bits per heavy atom. The first-order valence-electron chi connectivity index (χ1n) is 12.7. The maximum Gasteiger partial charge on any atom is 0.311 e. The number of carbonyl (C=O) groups excluding carboxylic acids is 1. The first-order chi connectivity index (χ1) is 17.4. The van der Waals surface area contributed by atoms with E-state index < -0.39 is 5.41 Å². The largest absolute Gasteiger partial charge is 0.493 e. The van der Waals surface area contributed by atoms with E-state index in [4.69, 9.17) is 14.2 Å². The van der Waals surface area contributed by atoms with Crippen molar-refractivity contribution in [3.63, 3.8) is 0 Å². The van der Waals surface area contributed by atoms with E-state index in [0.717, 1.165) is 47.7 Å². The van der Waals surface area contributed by atoms with Gasteiger partial charge < -0.3 is 18.8 Å². The van der Waals surface area contributed by atoms with Crippen molar-refractivity contribution in [1.29, 1.82) is 0 Å². The van der Waals surface area contributed by atoms with Crippen molar-refractivity contribution < 1.29 is 19.0 Å². The van der Waals surface area contributed by atoms with Crippen molar-refractivity contribution in [3.05, 3.63) is 77.9 Å². The third-order valence-corrected chi connectivity index (χ3v) is 6.57. The number of carbonyl (C=O) groups is 1. The molecule has 2 heterocycles. The summed E-state index contributed by atoms with van der Waals surface area (Å²) in [5, 5.41) is 0. The minimum atomic E-state index is -0.517. The van der Waals surface area contributed by atoms with Crippen LogP contribution >= 0.6 is 0 Å². The summed E-state index contributed by atoms with van der Waals surface area (Å²) in [6.07, 6.45) is 9.06. The van der Waals surface area contributed by atoms with E-state index in [1.54, 1.807) is 0 Å². The molecule has 4 rings (SSSR count). The van der Waals surface area contributed by atoms with Crippen LogP contribution in [0, 0.1) is 5.41 Å². The fraction of sp³-hybridized carbons (Fsp3) is 0.400. The van der Waals surface area contributed by atoms with Gasteiger partial charge in [-0.1, -0.05) is 30.3 Å². The maximum absolute atomic E-state index is 12.1. The second-order valence-corrected chi connectivity index (χ2v) is 9.85. The molecule has 3 aromatic rings. The van der Waals surface area contributed by atoms with Gasteiger partial charge in [-0.15, -0.1) is 0 Å². The lowest BCUT2D eigenvalue weighted by Crippen LogP contribution is -2.27. The number of aryl methyl sites for hydroxylation is 2. The molecule has 36 heavy (non-hydrogen) atoms. The number of esters is 1. The van der Waals surface area contributed by atoms with Crippen LogP contribution in [0.25, 0.3) is 11.6 Å². The van der Waals surface area contributed by atoms with Gasteiger partial charge in [0.15, 0.2) is 0 Å². The maximum atomic E-state index is 12.1. The number of hydrogen-bond donors (Lipinski definition) is 0. The molecule has 6 heteroatoms. The second kappa shape index (κ2) is 11.5. The van der Waals surface area contributed by atoms with E-state index in [0.29, 0.717) is 19.6 Å². The van der Waals surface area contributed by atoms with Crippen LogP contribution in [0.1, 0.15) is 57.0 Å². The Morgan fingerprint density at radius 3 is 2.69 bits per heavy atom. The third kappa shape index (κ3) is 6.17. The number of imidazole rings is 1. The Morgan fingerprint density at radius 2 is 1.97 bits per heavy atom. The van der Waals surface area contributed by atoms with Crippen molar-refractivity contribution in [3.8, 4) is 11.5 Å². The van der Waals surface area contributed by atoms with E-state index in [1.165, 1.54) is 5.56 Å². The molecule has 0 aliphatic carbocycles. The first-order valence-corrected chi connectivity index (χ1v) is 12.7. The van der Waals surface area contributed by atoms with Crippen LogP contribution in [0.15, 0.2) is 60.9 Å². The molecule has 0 bridgehead atoms. The lowest BCUT2D eigenvalue weighted by molar-refractivity contribution is -0.153. The predicted molar refractivity (Wildman–Crippen MR) is 142 cm³/mol. The molecular formula is C30H36N2O4. The van der Waals surface area contributed by atoms with E-state index in [1.807, 2.05) is 69.0 Å². The molecule has 1 aliphatic rings. The van der Waals surface area contributed by atoms with Crippen LogP contribution in [0.4, 0.5) is 0 Å². The molecule has 6 nitrogen and oxygen atoms in total. The SMILES string of the molecule is CCOC(=O)C(C)(C)CCCOc1ccc2c(c1)OC(CCc1ccccc1)C(c1nccn1C)=C2. The third-order valence-electron chi connectivity index (χ3n) is 6.57. The number of aromatic nitrogens is 2. The normalized spacial score (nSPS) is 15.0. The Labute approximate surface area is 213 Å². The average molecular weight is 489 g/mol. The van der Waals surface area contributed by atoms with E-state index in [9.17, 15) is 4.79 Å². The molecular weight excluding hydrogens is 452 g/mol. The van der Waals surface area contributed by atoms with Crippen molar-refractivity contribution >= 4 is 17.6 Å². The molecule has 1 unspecified atom stereocenters. The molecule has 0 N–H and O–H groups in total. The summed E-state index contributed by atoms with van der Waals surface area (Å²) in [4.78, 5) is 16.7. The minimum Gasteiger partial charge on any atom is -0.493 e. The second-order valence-electron chi connectivity index (χ2n) is 9.85. The Bertz CT molecular complexity index is 1200. The van der Waals surface area contributed by atoms with Crippen LogP contribution < -0.4 is 9.47 Å². The number of benzene rings is 2. The van der Waals surface area contributed by atoms with E-state index in [-0.39, 0.29) is 12.1 Å². The van der Waals surface area contributed by atoms with Crippen LogP contribution in [-0.4, -0.2) is 34.8 Å². The Balaban J connectivity index is 1.45.